The first kappa shape index (κ1) is 18.3. The smallest absolute Gasteiger partial charge is 0.242 e. The fourth-order valence-corrected chi connectivity index (χ4v) is 3.45. The van der Waals surface area contributed by atoms with Gasteiger partial charge in [0, 0.05) is 25.5 Å². The van der Waals surface area contributed by atoms with E-state index < -0.39 is 15.9 Å². The molecule has 0 atom stereocenters. The van der Waals surface area contributed by atoms with Crippen LogP contribution in [0.1, 0.15) is 0 Å². The van der Waals surface area contributed by atoms with Crippen molar-refractivity contribution in [2.75, 3.05) is 30.9 Å². The summed E-state index contributed by atoms with van der Waals surface area (Å²) in [5, 5.41) is 2.73. The number of hydrogen-bond acceptors (Lipinski definition) is 4. The van der Waals surface area contributed by atoms with Crippen molar-refractivity contribution in [2.24, 2.45) is 0 Å². The molecule has 0 unspecified atom stereocenters. The highest BCUT2D eigenvalue weighted by Gasteiger charge is 2.18. The molecular formula is C16H18ClN3O3S. The van der Waals surface area contributed by atoms with Crippen LogP contribution in [0, 0.1) is 0 Å². The van der Waals surface area contributed by atoms with Gasteiger partial charge in [0.2, 0.25) is 15.9 Å². The molecule has 2 aromatic rings. The van der Waals surface area contributed by atoms with Crippen molar-refractivity contribution in [3.05, 3.63) is 53.6 Å². The average molecular weight is 368 g/mol. The molecule has 2 aromatic carbocycles. The molecule has 2 N–H and O–H groups in total. The van der Waals surface area contributed by atoms with Crippen LogP contribution in [0.3, 0.4) is 0 Å². The maximum atomic E-state index is 12.1. The SMILES string of the molecule is CN(C)c1ccc(NC(=O)CNS(=O)(=O)c2ccccc2Cl)cc1. The third kappa shape index (κ3) is 4.70. The number of benzene rings is 2. The van der Waals surface area contributed by atoms with Crippen LogP contribution in [-0.2, 0) is 14.8 Å². The molecule has 24 heavy (non-hydrogen) atoms. The van der Waals surface area contributed by atoms with Gasteiger partial charge in [-0.05, 0) is 36.4 Å². The summed E-state index contributed by atoms with van der Waals surface area (Å²) in [7, 11) is -0.0182. The topological polar surface area (TPSA) is 78.5 Å². The van der Waals surface area contributed by atoms with Gasteiger partial charge in [0.05, 0.1) is 11.6 Å². The summed E-state index contributed by atoms with van der Waals surface area (Å²) in [6.07, 6.45) is 0. The lowest BCUT2D eigenvalue weighted by molar-refractivity contribution is -0.115. The third-order valence-electron chi connectivity index (χ3n) is 3.22. The molecule has 0 radical (unpaired) electrons. The van der Waals surface area contributed by atoms with Gasteiger partial charge < -0.3 is 10.2 Å². The highest BCUT2D eigenvalue weighted by atomic mass is 35.5. The lowest BCUT2D eigenvalue weighted by Crippen LogP contribution is -2.33. The van der Waals surface area contributed by atoms with E-state index in [9.17, 15) is 13.2 Å². The van der Waals surface area contributed by atoms with Gasteiger partial charge in [-0.1, -0.05) is 23.7 Å². The normalized spacial score (nSPS) is 11.1. The molecule has 0 aromatic heterocycles. The Morgan fingerprint density at radius 1 is 1.08 bits per heavy atom. The number of halogens is 1. The summed E-state index contributed by atoms with van der Waals surface area (Å²) in [6, 6.07) is 13.2. The van der Waals surface area contributed by atoms with Crippen LogP contribution in [0.25, 0.3) is 0 Å². The van der Waals surface area contributed by atoms with Crippen LogP contribution in [0.5, 0.6) is 0 Å². The number of nitrogens with zero attached hydrogens (tertiary/aromatic N) is 1. The van der Waals surface area contributed by atoms with Crippen molar-refractivity contribution < 1.29 is 13.2 Å². The van der Waals surface area contributed by atoms with Crippen molar-refractivity contribution in [1.82, 2.24) is 4.72 Å². The Morgan fingerprint density at radius 3 is 2.29 bits per heavy atom. The predicted molar refractivity (Wildman–Crippen MR) is 96.0 cm³/mol. The molecule has 0 bridgehead atoms. The third-order valence-corrected chi connectivity index (χ3v) is 5.12. The second kappa shape index (κ2) is 7.65. The van der Waals surface area contributed by atoms with Gasteiger partial charge in [0.25, 0.3) is 0 Å². The van der Waals surface area contributed by atoms with Crippen LogP contribution in [0.4, 0.5) is 11.4 Å². The summed E-state index contributed by atoms with van der Waals surface area (Å²) >= 11 is 5.87. The lowest BCUT2D eigenvalue weighted by atomic mass is 10.2. The number of amides is 1. The van der Waals surface area contributed by atoms with E-state index in [0.29, 0.717) is 5.69 Å². The molecule has 6 nitrogen and oxygen atoms in total. The first-order chi connectivity index (χ1) is 11.3. The van der Waals surface area contributed by atoms with Gasteiger partial charge in [-0.25, -0.2) is 13.1 Å². The van der Waals surface area contributed by atoms with Crippen molar-refractivity contribution >= 4 is 38.9 Å². The molecule has 0 spiro atoms. The van der Waals surface area contributed by atoms with Gasteiger partial charge in [-0.2, -0.15) is 0 Å². The van der Waals surface area contributed by atoms with Crippen LogP contribution in [-0.4, -0.2) is 35.0 Å². The van der Waals surface area contributed by atoms with E-state index in [1.54, 1.807) is 24.3 Å². The minimum atomic E-state index is -3.85. The van der Waals surface area contributed by atoms with E-state index in [1.165, 1.54) is 12.1 Å². The van der Waals surface area contributed by atoms with Gasteiger partial charge in [-0.3, -0.25) is 4.79 Å². The zero-order valence-corrected chi connectivity index (χ0v) is 14.9. The first-order valence-corrected chi connectivity index (χ1v) is 8.97. The number of hydrogen-bond donors (Lipinski definition) is 2. The van der Waals surface area contributed by atoms with E-state index >= 15 is 0 Å². The number of anilines is 2. The van der Waals surface area contributed by atoms with Crippen LogP contribution in [0.15, 0.2) is 53.4 Å². The molecule has 0 saturated heterocycles. The molecular weight excluding hydrogens is 350 g/mol. The summed E-state index contributed by atoms with van der Waals surface area (Å²) in [5.74, 6) is -0.469. The Morgan fingerprint density at radius 2 is 1.71 bits per heavy atom. The molecule has 0 heterocycles. The van der Waals surface area contributed by atoms with E-state index in [2.05, 4.69) is 10.0 Å². The van der Waals surface area contributed by atoms with Gasteiger partial charge in [0.1, 0.15) is 4.90 Å². The molecule has 1 amide bonds. The number of rotatable bonds is 6. The quantitative estimate of drug-likeness (QED) is 0.821. The molecule has 0 aliphatic rings. The summed E-state index contributed by atoms with van der Waals surface area (Å²) in [6.45, 7) is -0.386. The van der Waals surface area contributed by atoms with E-state index in [-0.39, 0.29) is 16.5 Å². The Bertz CT molecular complexity index is 821. The van der Waals surface area contributed by atoms with Crippen molar-refractivity contribution in [3.63, 3.8) is 0 Å². The van der Waals surface area contributed by atoms with Crippen LogP contribution >= 0.6 is 11.6 Å². The Kier molecular flexibility index (Phi) is 5.82. The first-order valence-electron chi connectivity index (χ1n) is 7.11. The number of nitrogens with one attached hydrogen (secondary N) is 2. The Balaban J connectivity index is 1.97. The largest absolute Gasteiger partial charge is 0.378 e. The number of sulfonamides is 1. The van der Waals surface area contributed by atoms with Crippen LogP contribution < -0.4 is 14.9 Å². The zero-order chi connectivity index (χ0) is 17.7. The van der Waals surface area contributed by atoms with Gasteiger partial charge in [-0.15, -0.1) is 0 Å². The second-order valence-corrected chi connectivity index (χ2v) is 7.39. The molecule has 128 valence electrons. The zero-order valence-electron chi connectivity index (χ0n) is 13.3. The van der Waals surface area contributed by atoms with E-state index in [1.807, 2.05) is 31.1 Å². The van der Waals surface area contributed by atoms with Gasteiger partial charge in [0.15, 0.2) is 0 Å². The van der Waals surface area contributed by atoms with Crippen molar-refractivity contribution in [2.45, 2.75) is 4.90 Å². The lowest BCUT2D eigenvalue weighted by Gasteiger charge is -2.13. The second-order valence-electron chi connectivity index (χ2n) is 5.24. The van der Waals surface area contributed by atoms with E-state index in [0.717, 1.165) is 5.69 Å². The standard InChI is InChI=1S/C16H18ClN3O3S/c1-20(2)13-9-7-12(8-10-13)19-16(21)11-18-24(22,23)15-6-4-3-5-14(15)17/h3-10,18H,11H2,1-2H3,(H,19,21). The van der Waals surface area contributed by atoms with E-state index in [4.69, 9.17) is 11.6 Å². The van der Waals surface area contributed by atoms with Crippen molar-refractivity contribution in [3.8, 4) is 0 Å². The molecule has 0 aliphatic carbocycles. The summed E-state index contributed by atoms with van der Waals surface area (Å²) in [5.41, 5.74) is 1.58. The van der Waals surface area contributed by atoms with Gasteiger partial charge >= 0.3 is 0 Å². The Labute approximate surface area is 146 Å². The highest BCUT2D eigenvalue weighted by Crippen LogP contribution is 2.20. The molecule has 0 saturated carbocycles. The summed E-state index contributed by atoms with van der Waals surface area (Å²) < 4.78 is 26.5. The minimum Gasteiger partial charge on any atom is -0.378 e. The van der Waals surface area contributed by atoms with Crippen molar-refractivity contribution in [1.29, 1.82) is 0 Å². The molecule has 2 rings (SSSR count). The monoisotopic (exact) mass is 367 g/mol. The number of carbonyl (C=O) groups is 1. The maximum absolute atomic E-state index is 12.1. The predicted octanol–water partition coefficient (Wildman–Crippen LogP) is 2.32. The number of carbonyl (C=O) groups excluding carboxylic acids is 1. The fourth-order valence-electron chi connectivity index (χ4n) is 1.95. The Hall–Kier alpha value is -2.09. The minimum absolute atomic E-state index is 0.0604. The molecule has 0 fully saturated rings. The average Bonchev–Trinajstić information content (AvgIpc) is 2.54. The van der Waals surface area contributed by atoms with Crippen LogP contribution in [0.2, 0.25) is 5.02 Å². The highest BCUT2D eigenvalue weighted by molar-refractivity contribution is 7.89. The summed E-state index contributed by atoms with van der Waals surface area (Å²) in [4.78, 5) is 13.8. The molecule has 0 aliphatic heterocycles. The molecule has 8 heteroatoms. The fraction of sp³-hybridized carbons (Fsp3) is 0.188. The maximum Gasteiger partial charge on any atom is 0.242 e.